The van der Waals surface area contributed by atoms with Gasteiger partial charge in [-0.3, -0.25) is 4.79 Å². The number of nitrogens with one attached hydrogen (secondary N) is 2. The minimum absolute atomic E-state index is 0.120. The Labute approximate surface area is 118 Å². The van der Waals surface area contributed by atoms with Crippen molar-refractivity contribution >= 4 is 5.91 Å². The van der Waals surface area contributed by atoms with Crippen molar-refractivity contribution in [3.63, 3.8) is 0 Å². The molecule has 0 radical (unpaired) electrons. The van der Waals surface area contributed by atoms with Crippen molar-refractivity contribution in [3.05, 3.63) is 30.1 Å². The third-order valence-electron chi connectivity index (χ3n) is 3.63. The minimum Gasteiger partial charge on any atom is -0.481 e. The predicted molar refractivity (Wildman–Crippen MR) is 75.1 cm³/mol. The van der Waals surface area contributed by atoms with Gasteiger partial charge in [0.25, 0.3) is 5.91 Å². The third-order valence-corrected chi connectivity index (χ3v) is 3.63. The maximum absolute atomic E-state index is 13.1. The maximum atomic E-state index is 13.1. The summed E-state index contributed by atoms with van der Waals surface area (Å²) in [5.41, 5.74) is 0. The molecule has 3 unspecified atom stereocenters. The molecule has 1 heterocycles. The van der Waals surface area contributed by atoms with Crippen LogP contribution in [-0.4, -0.2) is 31.1 Å². The maximum Gasteiger partial charge on any atom is 0.261 e. The van der Waals surface area contributed by atoms with Crippen LogP contribution in [0.2, 0.25) is 0 Å². The fourth-order valence-corrected chi connectivity index (χ4v) is 2.28. The first-order valence-corrected chi connectivity index (χ1v) is 6.99. The van der Waals surface area contributed by atoms with Gasteiger partial charge < -0.3 is 15.4 Å². The fraction of sp³-hybridized carbons (Fsp3) is 0.533. The van der Waals surface area contributed by atoms with Crippen LogP contribution >= 0.6 is 0 Å². The normalized spacial score (nSPS) is 23.9. The molecule has 5 heteroatoms. The Bertz CT molecular complexity index is 467. The first-order chi connectivity index (χ1) is 9.56. The van der Waals surface area contributed by atoms with Crippen LogP contribution in [0.3, 0.4) is 0 Å². The van der Waals surface area contributed by atoms with Gasteiger partial charge in [0.05, 0.1) is 0 Å². The predicted octanol–water partition coefficient (Wildman–Crippen LogP) is 1.71. The van der Waals surface area contributed by atoms with Crippen LogP contribution in [0.1, 0.15) is 20.3 Å². The van der Waals surface area contributed by atoms with Gasteiger partial charge in [0.1, 0.15) is 11.6 Å². The number of benzene rings is 1. The van der Waals surface area contributed by atoms with Crippen LogP contribution in [0.15, 0.2) is 24.3 Å². The molecule has 1 amide bonds. The van der Waals surface area contributed by atoms with E-state index in [4.69, 9.17) is 4.74 Å². The van der Waals surface area contributed by atoms with E-state index in [0.29, 0.717) is 11.7 Å². The molecule has 1 aliphatic rings. The molecule has 110 valence electrons. The van der Waals surface area contributed by atoms with Gasteiger partial charge in [-0.05, 0) is 37.9 Å². The van der Waals surface area contributed by atoms with Crippen molar-refractivity contribution in [3.8, 4) is 5.75 Å². The van der Waals surface area contributed by atoms with Crippen molar-refractivity contribution in [2.75, 3.05) is 13.1 Å². The second kappa shape index (κ2) is 6.70. The number of carbonyl (C=O) groups excluding carboxylic acids is 1. The van der Waals surface area contributed by atoms with Gasteiger partial charge in [0.2, 0.25) is 0 Å². The Morgan fingerprint density at radius 3 is 3.05 bits per heavy atom. The zero-order valence-corrected chi connectivity index (χ0v) is 11.9. The summed E-state index contributed by atoms with van der Waals surface area (Å²) in [6.07, 6.45) is 0.398. The van der Waals surface area contributed by atoms with Crippen molar-refractivity contribution in [2.45, 2.75) is 32.4 Å². The van der Waals surface area contributed by atoms with Crippen LogP contribution in [-0.2, 0) is 4.79 Å². The first-order valence-electron chi connectivity index (χ1n) is 6.99. The van der Waals surface area contributed by atoms with E-state index in [0.717, 1.165) is 19.5 Å². The average molecular weight is 280 g/mol. The number of ether oxygens (including phenoxy) is 1. The highest BCUT2D eigenvalue weighted by atomic mass is 19.1. The molecule has 0 saturated carbocycles. The zero-order chi connectivity index (χ0) is 14.5. The standard InChI is InChI=1S/C15H21FN2O2/c1-10-6-7-17-9-14(10)18-15(19)11(2)20-13-5-3-4-12(16)8-13/h3-5,8,10-11,14,17H,6-7,9H2,1-2H3,(H,18,19). The molecule has 2 rings (SSSR count). The molecule has 1 saturated heterocycles. The van der Waals surface area contributed by atoms with Gasteiger partial charge in [0, 0.05) is 18.7 Å². The van der Waals surface area contributed by atoms with Gasteiger partial charge in [-0.15, -0.1) is 0 Å². The highest BCUT2D eigenvalue weighted by Crippen LogP contribution is 2.15. The molecule has 1 fully saturated rings. The van der Waals surface area contributed by atoms with Gasteiger partial charge in [-0.25, -0.2) is 4.39 Å². The molecule has 1 aliphatic heterocycles. The second-order valence-electron chi connectivity index (χ2n) is 5.30. The van der Waals surface area contributed by atoms with Crippen LogP contribution in [0.25, 0.3) is 0 Å². The molecule has 20 heavy (non-hydrogen) atoms. The van der Waals surface area contributed by atoms with Gasteiger partial charge in [-0.1, -0.05) is 13.0 Å². The second-order valence-corrected chi connectivity index (χ2v) is 5.30. The van der Waals surface area contributed by atoms with E-state index in [1.54, 1.807) is 19.1 Å². The Balaban J connectivity index is 1.88. The van der Waals surface area contributed by atoms with Crippen LogP contribution in [0.4, 0.5) is 4.39 Å². The summed E-state index contributed by atoms with van der Waals surface area (Å²) in [5, 5.41) is 6.24. The van der Waals surface area contributed by atoms with E-state index < -0.39 is 6.10 Å². The molecule has 0 aliphatic carbocycles. The number of carbonyl (C=O) groups is 1. The van der Waals surface area contributed by atoms with Crippen molar-refractivity contribution < 1.29 is 13.9 Å². The van der Waals surface area contributed by atoms with E-state index in [1.165, 1.54) is 12.1 Å². The zero-order valence-electron chi connectivity index (χ0n) is 11.9. The van der Waals surface area contributed by atoms with Gasteiger partial charge in [0.15, 0.2) is 6.10 Å². The number of hydrogen-bond donors (Lipinski definition) is 2. The molecule has 0 aromatic heterocycles. The van der Waals surface area contributed by atoms with Crippen molar-refractivity contribution in [2.24, 2.45) is 5.92 Å². The lowest BCUT2D eigenvalue weighted by Gasteiger charge is -2.31. The van der Waals surface area contributed by atoms with E-state index in [1.807, 2.05) is 0 Å². The molecule has 1 aromatic rings. The summed E-state index contributed by atoms with van der Waals surface area (Å²) >= 11 is 0. The van der Waals surface area contributed by atoms with Gasteiger partial charge in [-0.2, -0.15) is 0 Å². The number of rotatable bonds is 4. The summed E-state index contributed by atoms with van der Waals surface area (Å²) < 4.78 is 18.5. The van der Waals surface area contributed by atoms with Crippen LogP contribution in [0.5, 0.6) is 5.75 Å². The first kappa shape index (κ1) is 14.8. The molecule has 0 spiro atoms. The number of hydrogen-bond acceptors (Lipinski definition) is 3. The summed E-state index contributed by atoms with van der Waals surface area (Å²) in [4.78, 5) is 12.1. The largest absolute Gasteiger partial charge is 0.481 e. The molecule has 3 atom stereocenters. The third kappa shape index (κ3) is 3.93. The highest BCUT2D eigenvalue weighted by Gasteiger charge is 2.25. The topological polar surface area (TPSA) is 50.4 Å². The smallest absolute Gasteiger partial charge is 0.261 e. The summed E-state index contributed by atoms with van der Waals surface area (Å²) in [7, 11) is 0. The number of halogens is 1. The minimum atomic E-state index is -0.647. The SMILES string of the molecule is CC(Oc1cccc(F)c1)C(=O)NC1CNCCC1C. The Hall–Kier alpha value is -1.62. The van der Waals surface area contributed by atoms with Crippen LogP contribution in [0, 0.1) is 11.7 Å². The quantitative estimate of drug-likeness (QED) is 0.882. The van der Waals surface area contributed by atoms with Gasteiger partial charge >= 0.3 is 0 Å². The highest BCUT2D eigenvalue weighted by molar-refractivity contribution is 5.81. The van der Waals surface area contributed by atoms with E-state index in [-0.39, 0.29) is 17.8 Å². The van der Waals surface area contributed by atoms with Crippen molar-refractivity contribution in [1.29, 1.82) is 0 Å². The van der Waals surface area contributed by atoms with E-state index >= 15 is 0 Å². The summed E-state index contributed by atoms with van der Waals surface area (Å²) in [6.45, 7) is 5.56. The summed E-state index contributed by atoms with van der Waals surface area (Å²) in [5.74, 6) is 0.263. The molecule has 0 bridgehead atoms. The molecular formula is C15H21FN2O2. The van der Waals surface area contributed by atoms with Crippen molar-refractivity contribution in [1.82, 2.24) is 10.6 Å². The lowest BCUT2D eigenvalue weighted by Crippen LogP contribution is -2.52. The Morgan fingerprint density at radius 1 is 1.55 bits per heavy atom. The number of amides is 1. The molecule has 2 N–H and O–H groups in total. The average Bonchev–Trinajstić information content (AvgIpc) is 2.41. The fourth-order valence-electron chi connectivity index (χ4n) is 2.28. The van der Waals surface area contributed by atoms with E-state index in [2.05, 4.69) is 17.6 Å². The lowest BCUT2D eigenvalue weighted by molar-refractivity contribution is -0.128. The van der Waals surface area contributed by atoms with E-state index in [9.17, 15) is 9.18 Å². The monoisotopic (exact) mass is 280 g/mol. The molecule has 4 nitrogen and oxygen atoms in total. The lowest BCUT2D eigenvalue weighted by atomic mass is 9.95. The Kier molecular flexibility index (Phi) is 4.95. The van der Waals surface area contributed by atoms with Crippen LogP contribution < -0.4 is 15.4 Å². The number of piperidine rings is 1. The Morgan fingerprint density at radius 2 is 2.35 bits per heavy atom. The molecular weight excluding hydrogens is 259 g/mol. The summed E-state index contributed by atoms with van der Waals surface area (Å²) in [6, 6.07) is 5.93. The molecule has 1 aromatic carbocycles.